The number of piperidine rings is 1. The lowest BCUT2D eigenvalue weighted by molar-refractivity contribution is 0.0916. The number of amides is 1. The molecule has 1 heterocycles. The van der Waals surface area contributed by atoms with Gasteiger partial charge in [0.25, 0.3) is 5.91 Å². The van der Waals surface area contributed by atoms with Gasteiger partial charge in [0, 0.05) is 11.6 Å². The van der Waals surface area contributed by atoms with E-state index in [0.717, 1.165) is 25.9 Å². The number of aliphatic hydroxyl groups excluding tert-OH is 1. The molecule has 1 aromatic rings. The van der Waals surface area contributed by atoms with Crippen molar-refractivity contribution in [1.82, 2.24) is 10.2 Å². The Bertz CT molecular complexity index is 569. The van der Waals surface area contributed by atoms with Crippen molar-refractivity contribution in [3.05, 3.63) is 35.1 Å². The molecule has 0 unspecified atom stereocenters. The molecule has 1 saturated heterocycles. The van der Waals surface area contributed by atoms with Crippen LogP contribution in [0.3, 0.4) is 0 Å². The van der Waals surface area contributed by atoms with Crippen LogP contribution < -0.4 is 5.32 Å². The van der Waals surface area contributed by atoms with Crippen LogP contribution in [-0.2, 0) is 0 Å². The topological polar surface area (TPSA) is 52.6 Å². The fourth-order valence-corrected chi connectivity index (χ4v) is 2.36. The average Bonchev–Trinajstić information content (AvgIpc) is 2.48. The molecule has 2 rings (SSSR count). The predicted octanol–water partition coefficient (Wildman–Crippen LogP) is 0.993. The summed E-state index contributed by atoms with van der Waals surface area (Å²) in [6.07, 6.45) is 1.77. The smallest absolute Gasteiger partial charge is 0.252 e. The highest BCUT2D eigenvalue weighted by molar-refractivity contribution is 5.97. The van der Waals surface area contributed by atoms with E-state index in [1.165, 1.54) is 18.2 Å². The van der Waals surface area contributed by atoms with Gasteiger partial charge in [0.1, 0.15) is 12.4 Å². The molecular weight excluding hydrogens is 271 g/mol. The molecule has 0 saturated carbocycles. The summed E-state index contributed by atoms with van der Waals surface area (Å²) >= 11 is 0. The molecule has 1 aliphatic heterocycles. The molecular formula is C16H19FN2O2. The van der Waals surface area contributed by atoms with E-state index in [-0.39, 0.29) is 24.1 Å². The maximum atomic E-state index is 13.4. The monoisotopic (exact) mass is 290 g/mol. The molecule has 21 heavy (non-hydrogen) atoms. The molecule has 1 aromatic carbocycles. The molecule has 1 fully saturated rings. The quantitative estimate of drug-likeness (QED) is 0.799. The number of rotatable bonds is 2. The highest BCUT2D eigenvalue weighted by Crippen LogP contribution is 2.13. The molecule has 112 valence electrons. The van der Waals surface area contributed by atoms with E-state index in [1.54, 1.807) is 0 Å². The lowest BCUT2D eigenvalue weighted by Gasteiger charge is -2.29. The Balaban J connectivity index is 2.12. The standard InChI is InChI=1S/C16H19FN2O2/c1-19-8-6-14(7-9-19)18-16(21)15-11-13(17)5-4-12(15)3-2-10-20/h4-5,11,14,20H,6-10H2,1H3,(H,18,21). The second-order valence-electron chi connectivity index (χ2n) is 5.20. The first-order chi connectivity index (χ1) is 10.1. The van der Waals surface area contributed by atoms with Crippen LogP contribution in [0.4, 0.5) is 4.39 Å². The molecule has 0 bridgehead atoms. The predicted molar refractivity (Wildman–Crippen MR) is 78.3 cm³/mol. The van der Waals surface area contributed by atoms with Crippen LogP contribution in [0.25, 0.3) is 0 Å². The number of benzene rings is 1. The van der Waals surface area contributed by atoms with Crippen molar-refractivity contribution in [3.63, 3.8) is 0 Å². The maximum Gasteiger partial charge on any atom is 0.252 e. The van der Waals surface area contributed by atoms with Gasteiger partial charge in [-0.05, 0) is 51.2 Å². The Kier molecular flexibility index (Phi) is 5.32. The van der Waals surface area contributed by atoms with E-state index in [2.05, 4.69) is 22.1 Å². The zero-order chi connectivity index (χ0) is 15.2. The van der Waals surface area contributed by atoms with Crippen LogP contribution in [0.5, 0.6) is 0 Å². The minimum absolute atomic E-state index is 0.107. The number of carbonyl (C=O) groups excluding carboxylic acids is 1. The first-order valence-corrected chi connectivity index (χ1v) is 6.99. The van der Waals surface area contributed by atoms with Gasteiger partial charge in [0.2, 0.25) is 0 Å². The highest BCUT2D eigenvalue weighted by Gasteiger charge is 2.20. The average molecular weight is 290 g/mol. The van der Waals surface area contributed by atoms with E-state index >= 15 is 0 Å². The van der Waals surface area contributed by atoms with E-state index in [0.29, 0.717) is 5.56 Å². The van der Waals surface area contributed by atoms with Gasteiger partial charge in [0.15, 0.2) is 0 Å². The zero-order valence-corrected chi connectivity index (χ0v) is 12.0. The van der Waals surface area contributed by atoms with E-state index in [9.17, 15) is 9.18 Å². The summed E-state index contributed by atoms with van der Waals surface area (Å²) in [5, 5.41) is 11.7. The van der Waals surface area contributed by atoms with Crippen LogP contribution in [0.1, 0.15) is 28.8 Å². The first-order valence-electron chi connectivity index (χ1n) is 6.99. The van der Waals surface area contributed by atoms with Crippen LogP contribution in [0.15, 0.2) is 18.2 Å². The minimum Gasteiger partial charge on any atom is -0.384 e. The highest BCUT2D eigenvalue weighted by atomic mass is 19.1. The van der Waals surface area contributed by atoms with Crippen LogP contribution in [0, 0.1) is 17.7 Å². The van der Waals surface area contributed by atoms with Gasteiger partial charge >= 0.3 is 0 Å². The van der Waals surface area contributed by atoms with Crippen LogP contribution in [0.2, 0.25) is 0 Å². The minimum atomic E-state index is -0.474. The third-order valence-corrected chi connectivity index (χ3v) is 3.58. The van der Waals surface area contributed by atoms with Gasteiger partial charge in [0.05, 0.1) is 5.56 Å². The number of nitrogens with one attached hydrogen (secondary N) is 1. The number of hydrogen-bond acceptors (Lipinski definition) is 3. The number of carbonyl (C=O) groups is 1. The lowest BCUT2D eigenvalue weighted by atomic mass is 10.0. The van der Waals surface area contributed by atoms with E-state index in [4.69, 9.17) is 5.11 Å². The Labute approximate surface area is 124 Å². The number of aliphatic hydroxyl groups is 1. The third kappa shape index (κ3) is 4.28. The maximum absolute atomic E-state index is 13.4. The van der Waals surface area contributed by atoms with Crippen LogP contribution in [-0.4, -0.2) is 48.7 Å². The molecule has 1 aliphatic rings. The molecule has 0 atom stereocenters. The molecule has 5 heteroatoms. The Hall–Kier alpha value is -1.90. The van der Waals surface area contributed by atoms with E-state index < -0.39 is 5.82 Å². The summed E-state index contributed by atoms with van der Waals surface area (Å²) in [6, 6.07) is 4.01. The summed E-state index contributed by atoms with van der Waals surface area (Å²) in [7, 11) is 2.05. The van der Waals surface area contributed by atoms with Crippen molar-refractivity contribution in [2.75, 3.05) is 26.7 Å². The van der Waals surface area contributed by atoms with Crippen LogP contribution >= 0.6 is 0 Å². The summed E-state index contributed by atoms with van der Waals surface area (Å²) in [6.45, 7) is 1.57. The van der Waals surface area contributed by atoms with Gasteiger partial charge < -0.3 is 15.3 Å². The molecule has 0 aliphatic carbocycles. The summed E-state index contributed by atoms with van der Waals surface area (Å²) < 4.78 is 13.4. The molecule has 0 spiro atoms. The molecule has 1 amide bonds. The largest absolute Gasteiger partial charge is 0.384 e. The van der Waals surface area contributed by atoms with Gasteiger partial charge in [-0.2, -0.15) is 0 Å². The molecule has 0 radical (unpaired) electrons. The molecule has 0 aromatic heterocycles. The second-order valence-corrected chi connectivity index (χ2v) is 5.20. The summed E-state index contributed by atoms with van der Waals surface area (Å²) in [5.74, 6) is 4.38. The summed E-state index contributed by atoms with van der Waals surface area (Å²) in [5.41, 5.74) is 0.644. The van der Waals surface area contributed by atoms with Crippen molar-refractivity contribution in [2.45, 2.75) is 18.9 Å². The zero-order valence-electron chi connectivity index (χ0n) is 12.0. The fraction of sp³-hybridized carbons (Fsp3) is 0.438. The lowest BCUT2D eigenvalue weighted by Crippen LogP contribution is -2.43. The van der Waals surface area contributed by atoms with Crippen molar-refractivity contribution >= 4 is 5.91 Å². The molecule has 4 nitrogen and oxygen atoms in total. The van der Waals surface area contributed by atoms with Gasteiger partial charge in [-0.1, -0.05) is 11.8 Å². The Morgan fingerprint density at radius 2 is 2.19 bits per heavy atom. The van der Waals surface area contributed by atoms with Gasteiger partial charge in [-0.25, -0.2) is 4.39 Å². The number of likely N-dealkylation sites (tertiary alicyclic amines) is 1. The van der Waals surface area contributed by atoms with Crippen molar-refractivity contribution in [2.24, 2.45) is 0 Å². The van der Waals surface area contributed by atoms with Crippen molar-refractivity contribution in [3.8, 4) is 11.8 Å². The van der Waals surface area contributed by atoms with Gasteiger partial charge in [-0.3, -0.25) is 4.79 Å². The number of hydrogen-bond donors (Lipinski definition) is 2. The van der Waals surface area contributed by atoms with Crippen molar-refractivity contribution in [1.29, 1.82) is 0 Å². The Morgan fingerprint density at radius 1 is 1.48 bits per heavy atom. The fourth-order valence-electron chi connectivity index (χ4n) is 2.36. The number of halogens is 1. The first kappa shape index (κ1) is 15.5. The second kappa shape index (κ2) is 7.21. The third-order valence-electron chi connectivity index (χ3n) is 3.58. The SMILES string of the molecule is CN1CCC(NC(=O)c2cc(F)ccc2C#CCO)CC1. The van der Waals surface area contributed by atoms with Crippen molar-refractivity contribution < 1.29 is 14.3 Å². The number of nitrogens with zero attached hydrogens (tertiary/aromatic N) is 1. The van der Waals surface area contributed by atoms with E-state index in [1.807, 2.05) is 7.05 Å². The van der Waals surface area contributed by atoms with Gasteiger partial charge in [-0.15, -0.1) is 0 Å². The molecule has 2 N–H and O–H groups in total. The Morgan fingerprint density at radius 3 is 2.86 bits per heavy atom. The normalized spacial score (nSPS) is 16.1. The summed E-state index contributed by atoms with van der Waals surface area (Å²) in [4.78, 5) is 14.5.